The molecule has 0 amide bonds. The Hall–Kier alpha value is -1.10. The highest BCUT2D eigenvalue weighted by atomic mass is 19.4. The maximum absolute atomic E-state index is 12.9. The molecule has 0 aromatic heterocycles. The SMILES string of the molecule is Cc1ccc(F)cc1CC(O)CCC(F)(F)F. The number of alkyl halides is 3. The molecule has 0 bridgehead atoms. The van der Waals surface area contributed by atoms with E-state index in [4.69, 9.17) is 0 Å². The third-order valence-corrected chi connectivity index (χ3v) is 2.53. The van der Waals surface area contributed by atoms with Crippen LogP contribution in [0.3, 0.4) is 0 Å². The minimum absolute atomic E-state index is 0.0413. The lowest BCUT2D eigenvalue weighted by molar-refractivity contribution is -0.139. The van der Waals surface area contributed by atoms with Crippen molar-refractivity contribution >= 4 is 0 Å². The quantitative estimate of drug-likeness (QED) is 0.812. The Balaban J connectivity index is 2.56. The van der Waals surface area contributed by atoms with Gasteiger partial charge < -0.3 is 5.11 Å². The topological polar surface area (TPSA) is 20.2 Å². The first-order valence-electron chi connectivity index (χ1n) is 5.28. The minimum atomic E-state index is -4.27. The zero-order valence-corrected chi connectivity index (χ0v) is 9.39. The number of aryl methyl sites for hydroxylation is 1. The summed E-state index contributed by atoms with van der Waals surface area (Å²) in [6.45, 7) is 1.73. The van der Waals surface area contributed by atoms with Gasteiger partial charge in [-0.25, -0.2) is 4.39 Å². The van der Waals surface area contributed by atoms with Gasteiger partial charge in [0.25, 0.3) is 0 Å². The van der Waals surface area contributed by atoms with E-state index in [-0.39, 0.29) is 12.8 Å². The van der Waals surface area contributed by atoms with E-state index in [1.54, 1.807) is 13.0 Å². The molecule has 17 heavy (non-hydrogen) atoms. The fourth-order valence-corrected chi connectivity index (χ4v) is 1.55. The predicted octanol–water partition coefficient (Wildman–Crippen LogP) is 3.38. The van der Waals surface area contributed by atoms with E-state index in [1.165, 1.54) is 12.1 Å². The van der Waals surface area contributed by atoms with Crippen LogP contribution in [-0.2, 0) is 6.42 Å². The van der Waals surface area contributed by atoms with E-state index in [1.807, 2.05) is 0 Å². The molecule has 1 aromatic rings. The maximum Gasteiger partial charge on any atom is 0.389 e. The van der Waals surface area contributed by atoms with Gasteiger partial charge in [-0.05, 0) is 43.0 Å². The lowest BCUT2D eigenvalue weighted by Crippen LogP contribution is -2.16. The smallest absolute Gasteiger partial charge is 0.389 e. The van der Waals surface area contributed by atoms with Crippen molar-refractivity contribution in [3.63, 3.8) is 0 Å². The van der Waals surface area contributed by atoms with Crippen molar-refractivity contribution in [3.05, 3.63) is 35.1 Å². The molecule has 0 aliphatic heterocycles. The largest absolute Gasteiger partial charge is 0.393 e. The number of benzene rings is 1. The normalized spacial score (nSPS) is 13.8. The van der Waals surface area contributed by atoms with Gasteiger partial charge >= 0.3 is 6.18 Å². The van der Waals surface area contributed by atoms with Crippen LogP contribution in [0.1, 0.15) is 24.0 Å². The van der Waals surface area contributed by atoms with Crippen LogP contribution < -0.4 is 0 Å². The molecule has 0 radical (unpaired) electrons. The minimum Gasteiger partial charge on any atom is -0.393 e. The van der Waals surface area contributed by atoms with Crippen LogP contribution in [0.2, 0.25) is 0 Å². The van der Waals surface area contributed by atoms with E-state index in [0.29, 0.717) is 5.56 Å². The molecular formula is C12H14F4O. The first-order chi connectivity index (χ1) is 7.78. The van der Waals surface area contributed by atoms with E-state index in [9.17, 15) is 22.7 Å². The van der Waals surface area contributed by atoms with Gasteiger partial charge in [-0.2, -0.15) is 13.2 Å². The van der Waals surface area contributed by atoms with Crippen molar-refractivity contribution in [2.24, 2.45) is 0 Å². The number of hydrogen-bond donors (Lipinski definition) is 1. The van der Waals surface area contributed by atoms with E-state index < -0.39 is 24.5 Å². The van der Waals surface area contributed by atoms with Crippen LogP contribution in [0.25, 0.3) is 0 Å². The average Bonchev–Trinajstić information content (AvgIpc) is 2.20. The molecule has 0 heterocycles. The second kappa shape index (κ2) is 5.49. The van der Waals surface area contributed by atoms with Crippen molar-refractivity contribution in [3.8, 4) is 0 Å². The highest BCUT2D eigenvalue weighted by molar-refractivity contribution is 5.27. The number of aliphatic hydroxyl groups is 1. The van der Waals surface area contributed by atoms with Gasteiger partial charge in [-0.3, -0.25) is 0 Å². The highest BCUT2D eigenvalue weighted by Crippen LogP contribution is 2.23. The predicted molar refractivity (Wildman–Crippen MR) is 56.1 cm³/mol. The molecule has 1 rings (SSSR count). The number of aliphatic hydroxyl groups excluding tert-OH is 1. The van der Waals surface area contributed by atoms with Crippen LogP contribution in [-0.4, -0.2) is 17.4 Å². The molecule has 5 heteroatoms. The number of hydrogen-bond acceptors (Lipinski definition) is 1. The summed E-state index contributed by atoms with van der Waals surface area (Å²) in [5.74, 6) is -0.450. The van der Waals surface area contributed by atoms with Gasteiger partial charge in [0.1, 0.15) is 5.82 Å². The summed E-state index contributed by atoms with van der Waals surface area (Å²) in [7, 11) is 0. The molecule has 1 atom stereocenters. The Morgan fingerprint density at radius 3 is 2.53 bits per heavy atom. The van der Waals surface area contributed by atoms with Gasteiger partial charge in [0.15, 0.2) is 0 Å². The van der Waals surface area contributed by atoms with Gasteiger partial charge in [0, 0.05) is 6.42 Å². The third-order valence-electron chi connectivity index (χ3n) is 2.53. The molecule has 0 spiro atoms. The zero-order chi connectivity index (χ0) is 13.1. The fraction of sp³-hybridized carbons (Fsp3) is 0.500. The van der Waals surface area contributed by atoms with Crippen molar-refractivity contribution in [1.82, 2.24) is 0 Å². The monoisotopic (exact) mass is 250 g/mol. The maximum atomic E-state index is 12.9. The molecule has 1 nitrogen and oxygen atoms in total. The first-order valence-corrected chi connectivity index (χ1v) is 5.28. The average molecular weight is 250 g/mol. The Labute approximate surface area is 97.1 Å². The van der Waals surface area contributed by atoms with Crippen molar-refractivity contribution in [2.75, 3.05) is 0 Å². The van der Waals surface area contributed by atoms with Gasteiger partial charge in [0.2, 0.25) is 0 Å². The summed E-state index contributed by atoms with van der Waals surface area (Å²) < 4.78 is 48.7. The first kappa shape index (κ1) is 14.0. The second-order valence-electron chi connectivity index (χ2n) is 4.08. The molecule has 1 aromatic carbocycles. The van der Waals surface area contributed by atoms with E-state index in [0.717, 1.165) is 5.56 Å². The van der Waals surface area contributed by atoms with Crippen LogP contribution in [0.4, 0.5) is 17.6 Å². The summed E-state index contributed by atoms with van der Waals surface area (Å²) >= 11 is 0. The standard InChI is InChI=1S/C12H14F4O/c1-8-2-3-10(13)6-9(8)7-11(17)4-5-12(14,15)16/h2-3,6,11,17H,4-5,7H2,1H3. The fourth-order valence-electron chi connectivity index (χ4n) is 1.55. The van der Waals surface area contributed by atoms with Crippen molar-refractivity contribution in [2.45, 2.75) is 38.5 Å². The Morgan fingerprint density at radius 1 is 1.29 bits per heavy atom. The Kier molecular flexibility index (Phi) is 4.51. The summed E-state index contributed by atoms with van der Waals surface area (Å²) in [5, 5.41) is 9.46. The van der Waals surface area contributed by atoms with Gasteiger partial charge in [-0.1, -0.05) is 6.07 Å². The molecule has 0 saturated heterocycles. The van der Waals surface area contributed by atoms with Gasteiger partial charge in [0.05, 0.1) is 6.10 Å². The molecule has 96 valence electrons. The van der Waals surface area contributed by atoms with Crippen LogP contribution in [0.5, 0.6) is 0 Å². The third kappa shape index (κ3) is 5.17. The summed E-state index contributed by atoms with van der Waals surface area (Å²) in [6, 6.07) is 4.06. The lowest BCUT2D eigenvalue weighted by atomic mass is 10.00. The highest BCUT2D eigenvalue weighted by Gasteiger charge is 2.27. The van der Waals surface area contributed by atoms with Gasteiger partial charge in [-0.15, -0.1) is 0 Å². The Morgan fingerprint density at radius 2 is 1.94 bits per heavy atom. The number of rotatable bonds is 4. The summed E-state index contributed by atoms with van der Waals surface area (Å²) in [4.78, 5) is 0. The molecule has 0 fully saturated rings. The second-order valence-corrected chi connectivity index (χ2v) is 4.08. The number of halogens is 4. The molecule has 0 aliphatic carbocycles. The molecule has 0 saturated carbocycles. The summed E-state index contributed by atoms with van der Waals surface area (Å²) in [5.41, 5.74) is 1.30. The van der Waals surface area contributed by atoms with Crippen LogP contribution in [0, 0.1) is 12.7 Å². The van der Waals surface area contributed by atoms with E-state index in [2.05, 4.69) is 0 Å². The zero-order valence-electron chi connectivity index (χ0n) is 9.39. The lowest BCUT2D eigenvalue weighted by Gasteiger charge is -2.13. The molecule has 1 unspecified atom stereocenters. The molecule has 0 aliphatic rings. The molecule has 1 N–H and O–H groups in total. The van der Waals surface area contributed by atoms with Crippen LogP contribution >= 0.6 is 0 Å². The van der Waals surface area contributed by atoms with E-state index >= 15 is 0 Å². The van der Waals surface area contributed by atoms with Crippen molar-refractivity contribution < 1.29 is 22.7 Å². The van der Waals surface area contributed by atoms with Crippen LogP contribution in [0.15, 0.2) is 18.2 Å². The molecular weight excluding hydrogens is 236 g/mol. The summed E-state index contributed by atoms with van der Waals surface area (Å²) in [6.07, 6.45) is -6.71. The Bertz CT molecular complexity index is 373. The van der Waals surface area contributed by atoms with Crippen molar-refractivity contribution in [1.29, 1.82) is 0 Å².